The molecule has 0 radical (unpaired) electrons. The van der Waals surface area contributed by atoms with E-state index in [1.165, 1.54) is 11.3 Å². The lowest BCUT2D eigenvalue weighted by Crippen LogP contribution is -2.48. The van der Waals surface area contributed by atoms with Gasteiger partial charge in [0.1, 0.15) is 0 Å². The number of benzene rings is 1. The van der Waals surface area contributed by atoms with Gasteiger partial charge in [0.25, 0.3) is 5.91 Å². The average molecular weight is 363 g/mol. The minimum atomic E-state index is 0.0745. The zero-order valence-corrected chi connectivity index (χ0v) is 16.4. The fraction of sp³-hybridized carbons (Fsp3) is 0.381. The van der Waals surface area contributed by atoms with Gasteiger partial charge in [0, 0.05) is 44.6 Å². The van der Waals surface area contributed by atoms with Gasteiger partial charge < -0.3 is 9.80 Å². The van der Waals surface area contributed by atoms with Gasteiger partial charge in [-0.15, -0.1) is 0 Å². The number of aryl methyl sites for hydroxylation is 4. The molecule has 1 aromatic carbocycles. The van der Waals surface area contributed by atoms with Crippen LogP contribution in [0.4, 0.5) is 5.69 Å². The van der Waals surface area contributed by atoms with Crippen molar-refractivity contribution in [1.29, 1.82) is 0 Å². The number of piperazine rings is 1. The maximum atomic E-state index is 13.3. The van der Waals surface area contributed by atoms with E-state index < -0.39 is 0 Å². The topological polar surface area (TPSA) is 54.3 Å². The second-order valence-corrected chi connectivity index (χ2v) is 7.34. The Kier molecular flexibility index (Phi) is 4.34. The number of rotatable bonds is 2. The molecule has 0 aliphatic carbocycles. The van der Waals surface area contributed by atoms with Gasteiger partial charge in [-0.25, -0.2) is 4.98 Å². The highest BCUT2D eigenvalue weighted by Crippen LogP contribution is 2.24. The zero-order valence-electron chi connectivity index (χ0n) is 16.4. The van der Waals surface area contributed by atoms with Crippen LogP contribution in [0.1, 0.15) is 27.3 Å². The number of pyridine rings is 1. The van der Waals surface area contributed by atoms with E-state index in [2.05, 4.69) is 46.2 Å². The van der Waals surface area contributed by atoms with Crippen LogP contribution < -0.4 is 4.90 Å². The summed E-state index contributed by atoms with van der Waals surface area (Å²) in [5.74, 6) is 0.0745. The average Bonchev–Trinajstić information content (AvgIpc) is 2.94. The number of carbonyl (C=O) groups excluding carboxylic acids is 1. The minimum absolute atomic E-state index is 0.0745. The molecule has 6 nitrogen and oxygen atoms in total. The molecule has 0 saturated carbocycles. The molecule has 0 N–H and O–H groups in total. The summed E-state index contributed by atoms with van der Waals surface area (Å²) in [4.78, 5) is 22.1. The maximum Gasteiger partial charge on any atom is 0.254 e. The van der Waals surface area contributed by atoms with Crippen LogP contribution in [0.3, 0.4) is 0 Å². The monoisotopic (exact) mass is 363 g/mol. The Labute approximate surface area is 159 Å². The van der Waals surface area contributed by atoms with Crippen molar-refractivity contribution in [3.8, 4) is 0 Å². The van der Waals surface area contributed by atoms with E-state index in [4.69, 9.17) is 0 Å². The van der Waals surface area contributed by atoms with E-state index >= 15 is 0 Å². The quantitative estimate of drug-likeness (QED) is 0.703. The SMILES string of the molecule is Cc1cccc(N2CCN(C(=O)c3cc(C)nc4c3c(C)nn4C)CC2)c1. The predicted molar refractivity (Wildman–Crippen MR) is 107 cm³/mol. The Morgan fingerprint density at radius 1 is 1.04 bits per heavy atom. The van der Waals surface area contributed by atoms with Crippen molar-refractivity contribution in [2.75, 3.05) is 31.1 Å². The van der Waals surface area contributed by atoms with Gasteiger partial charge in [-0.2, -0.15) is 5.10 Å². The molecule has 3 heterocycles. The minimum Gasteiger partial charge on any atom is -0.368 e. The normalized spacial score (nSPS) is 14.8. The molecule has 1 aliphatic heterocycles. The molecule has 2 aromatic heterocycles. The number of amides is 1. The molecule has 140 valence electrons. The van der Waals surface area contributed by atoms with E-state index in [1.54, 1.807) is 4.68 Å². The first-order valence-electron chi connectivity index (χ1n) is 9.36. The third kappa shape index (κ3) is 3.16. The molecule has 4 rings (SSSR count). The van der Waals surface area contributed by atoms with Crippen molar-refractivity contribution in [2.24, 2.45) is 7.05 Å². The molecule has 1 aliphatic rings. The van der Waals surface area contributed by atoms with E-state index in [0.717, 1.165) is 48.6 Å². The van der Waals surface area contributed by atoms with Crippen molar-refractivity contribution < 1.29 is 4.79 Å². The predicted octanol–water partition coefficient (Wildman–Crippen LogP) is 2.86. The van der Waals surface area contributed by atoms with Crippen LogP contribution in [0.2, 0.25) is 0 Å². The van der Waals surface area contributed by atoms with Gasteiger partial charge in [-0.05, 0) is 44.5 Å². The molecule has 27 heavy (non-hydrogen) atoms. The first kappa shape index (κ1) is 17.5. The number of hydrogen-bond acceptors (Lipinski definition) is 4. The molecule has 0 unspecified atom stereocenters. The largest absolute Gasteiger partial charge is 0.368 e. The lowest BCUT2D eigenvalue weighted by molar-refractivity contribution is 0.0748. The van der Waals surface area contributed by atoms with Gasteiger partial charge >= 0.3 is 0 Å². The standard InChI is InChI=1S/C21H25N5O/c1-14-6-5-7-17(12-14)25-8-10-26(11-9-25)21(27)18-13-15(2)22-20-19(18)16(3)23-24(20)4/h5-7,12-13H,8-11H2,1-4H3. The Morgan fingerprint density at radius 3 is 2.48 bits per heavy atom. The molecular formula is C21H25N5O. The number of hydrogen-bond donors (Lipinski definition) is 0. The summed E-state index contributed by atoms with van der Waals surface area (Å²) >= 11 is 0. The van der Waals surface area contributed by atoms with Crippen molar-refractivity contribution in [3.63, 3.8) is 0 Å². The number of fused-ring (bicyclic) bond motifs is 1. The van der Waals surface area contributed by atoms with E-state index in [9.17, 15) is 4.79 Å². The van der Waals surface area contributed by atoms with Crippen LogP contribution in [-0.4, -0.2) is 51.8 Å². The molecule has 0 atom stereocenters. The molecule has 1 saturated heterocycles. The third-order valence-electron chi connectivity index (χ3n) is 5.26. The summed E-state index contributed by atoms with van der Waals surface area (Å²) in [5.41, 5.74) is 5.66. The van der Waals surface area contributed by atoms with Crippen LogP contribution >= 0.6 is 0 Å². The van der Waals surface area contributed by atoms with Gasteiger partial charge in [-0.3, -0.25) is 9.48 Å². The van der Waals surface area contributed by atoms with Crippen LogP contribution in [0.25, 0.3) is 11.0 Å². The molecule has 1 fully saturated rings. The molecule has 3 aromatic rings. The summed E-state index contributed by atoms with van der Waals surface area (Å²) in [6, 6.07) is 10.4. The van der Waals surface area contributed by atoms with Gasteiger partial charge in [-0.1, -0.05) is 12.1 Å². The van der Waals surface area contributed by atoms with Crippen LogP contribution in [0.15, 0.2) is 30.3 Å². The number of carbonyl (C=O) groups is 1. The van der Waals surface area contributed by atoms with Crippen LogP contribution in [0, 0.1) is 20.8 Å². The van der Waals surface area contributed by atoms with Crippen molar-refractivity contribution >= 4 is 22.6 Å². The lowest BCUT2D eigenvalue weighted by atomic mass is 10.1. The summed E-state index contributed by atoms with van der Waals surface area (Å²) < 4.78 is 1.75. The van der Waals surface area contributed by atoms with Crippen molar-refractivity contribution in [1.82, 2.24) is 19.7 Å². The number of anilines is 1. The summed E-state index contributed by atoms with van der Waals surface area (Å²) in [5, 5.41) is 5.32. The second kappa shape index (κ2) is 6.68. The van der Waals surface area contributed by atoms with Gasteiger partial charge in [0.05, 0.1) is 16.6 Å². The fourth-order valence-corrected chi connectivity index (χ4v) is 3.90. The number of nitrogens with zero attached hydrogens (tertiary/aromatic N) is 5. The van der Waals surface area contributed by atoms with Crippen LogP contribution in [0.5, 0.6) is 0 Å². The highest BCUT2D eigenvalue weighted by Gasteiger charge is 2.25. The molecule has 0 bridgehead atoms. The lowest BCUT2D eigenvalue weighted by Gasteiger charge is -2.36. The van der Waals surface area contributed by atoms with E-state index in [1.807, 2.05) is 31.9 Å². The maximum absolute atomic E-state index is 13.3. The Hall–Kier alpha value is -2.89. The first-order valence-corrected chi connectivity index (χ1v) is 9.36. The molecule has 6 heteroatoms. The Bertz CT molecular complexity index is 1010. The fourth-order valence-electron chi connectivity index (χ4n) is 3.90. The van der Waals surface area contributed by atoms with Crippen molar-refractivity contribution in [2.45, 2.75) is 20.8 Å². The Balaban J connectivity index is 1.57. The Morgan fingerprint density at radius 2 is 1.78 bits per heavy atom. The zero-order chi connectivity index (χ0) is 19.1. The molecule has 0 spiro atoms. The number of aromatic nitrogens is 3. The summed E-state index contributed by atoms with van der Waals surface area (Å²) in [6.07, 6.45) is 0. The highest BCUT2D eigenvalue weighted by molar-refractivity contribution is 6.06. The smallest absolute Gasteiger partial charge is 0.254 e. The summed E-state index contributed by atoms with van der Waals surface area (Å²) in [7, 11) is 1.87. The molecule has 1 amide bonds. The van der Waals surface area contributed by atoms with Gasteiger partial charge in [0.2, 0.25) is 0 Å². The highest BCUT2D eigenvalue weighted by atomic mass is 16.2. The van der Waals surface area contributed by atoms with Crippen molar-refractivity contribution in [3.05, 3.63) is 52.8 Å². The third-order valence-corrected chi connectivity index (χ3v) is 5.26. The van der Waals surface area contributed by atoms with E-state index in [0.29, 0.717) is 5.56 Å². The second-order valence-electron chi connectivity index (χ2n) is 7.34. The van der Waals surface area contributed by atoms with Gasteiger partial charge in [0.15, 0.2) is 5.65 Å². The van der Waals surface area contributed by atoms with Crippen LogP contribution in [-0.2, 0) is 7.05 Å². The van der Waals surface area contributed by atoms with E-state index in [-0.39, 0.29) is 5.91 Å². The summed E-state index contributed by atoms with van der Waals surface area (Å²) in [6.45, 7) is 9.09. The molecular weight excluding hydrogens is 338 g/mol. The first-order chi connectivity index (χ1) is 12.9.